The van der Waals surface area contributed by atoms with Crippen molar-refractivity contribution in [3.8, 4) is 22.3 Å². The number of nitrogen functional groups attached to an aromatic ring is 4. The SMILES string of the molecule is Nc1cc(-c2c(N)ccc3cc(S(=O)(=O)O)ccc23)ccc1N=NON=Nc1ccc(-c2c(N)ccc3cc(S(=O)(=O)O)ccc23)cc1N.[H-].[H-].[Na+].[Na+]. The predicted octanol–water partition coefficient (Wildman–Crippen LogP) is 1.10. The number of anilines is 4. The molecule has 0 aliphatic heterocycles. The molecule has 10 N–H and O–H groups in total. The molecule has 0 aromatic heterocycles. The average molecular weight is 747 g/mol. The minimum atomic E-state index is -4.38. The first-order valence-corrected chi connectivity index (χ1v) is 17.0. The van der Waals surface area contributed by atoms with E-state index in [1.54, 1.807) is 72.8 Å². The summed E-state index contributed by atoms with van der Waals surface area (Å²) in [6.45, 7) is 0. The van der Waals surface area contributed by atoms with Crippen LogP contribution in [0.2, 0.25) is 0 Å². The summed E-state index contributed by atoms with van der Waals surface area (Å²) in [5, 5.41) is 17.3. The van der Waals surface area contributed by atoms with Gasteiger partial charge in [-0.1, -0.05) is 36.4 Å². The van der Waals surface area contributed by atoms with Gasteiger partial charge in [-0.25, -0.2) is 4.94 Å². The molecule has 6 aromatic rings. The van der Waals surface area contributed by atoms with E-state index in [0.717, 1.165) is 0 Å². The summed E-state index contributed by atoms with van der Waals surface area (Å²) in [7, 11) is -8.76. The molecule has 0 atom stereocenters. The molecular formula is C32H28N8Na2O7S2. The summed E-state index contributed by atoms with van der Waals surface area (Å²) in [6.07, 6.45) is 0. The molecule has 0 amide bonds. The monoisotopic (exact) mass is 746 g/mol. The first-order valence-electron chi connectivity index (χ1n) is 14.1. The maximum absolute atomic E-state index is 11.6. The number of rotatable bonds is 8. The number of nitrogens with two attached hydrogens (primary N) is 4. The van der Waals surface area contributed by atoms with Crippen LogP contribution in [-0.2, 0) is 25.2 Å². The molecule has 0 heterocycles. The van der Waals surface area contributed by atoms with Gasteiger partial charge in [0.15, 0.2) is 0 Å². The van der Waals surface area contributed by atoms with Crippen LogP contribution in [0.3, 0.4) is 0 Å². The normalized spacial score (nSPS) is 11.9. The standard InChI is InChI=1S/C32H26N8O7S2.2Na.2H/c33-25-9-1-17-13-21(48(41,42)43)5-7-23(17)31(25)19-3-11-29(27(35)15-19)37-39-47-40-38-30-12-4-20(16-28(30)36)32-24-8-6-22(49(44,45)46)14-18(24)2-10-26(32)34;;;;/h1-16H,33-36H2,(H,41,42,43)(H,44,45,46);;;;/q;2*+1;2*-1. The number of nitrogens with zero attached hydrogens (tertiary/aromatic N) is 4. The number of hydrogen-bond acceptors (Lipinski definition) is 13. The number of fused-ring (bicyclic) bond motifs is 2. The third kappa shape index (κ3) is 8.50. The van der Waals surface area contributed by atoms with Gasteiger partial charge in [-0.2, -0.15) is 16.8 Å². The Kier molecular flexibility index (Phi) is 12.1. The smallest absolute Gasteiger partial charge is 1.00 e. The van der Waals surface area contributed by atoms with Crippen LogP contribution in [0.15, 0.2) is 128 Å². The molecule has 6 rings (SSSR count). The maximum Gasteiger partial charge on any atom is 1.00 e. The van der Waals surface area contributed by atoms with Gasteiger partial charge in [0.05, 0.1) is 31.7 Å². The van der Waals surface area contributed by atoms with Gasteiger partial charge in [0.25, 0.3) is 20.2 Å². The Hall–Kier alpha value is -4.14. The number of hydrogen-bond donors (Lipinski definition) is 6. The van der Waals surface area contributed by atoms with E-state index in [-0.39, 0.29) is 94.5 Å². The maximum atomic E-state index is 11.6. The zero-order valence-corrected chi connectivity index (χ0v) is 32.7. The van der Waals surface area contributed by atoms with Gasteiger partial charge in [0, 0.05) is 22.5 Å². The third-order valence-electron chi connectivity index (χ3n) is 7.65. The molecule has 0 aliphatic rings. The summed E-state index contributed by atoms with van der Waals surface area (Å²) in [6, 6.07) is 24.7. The van der Waals surface area contributed by atoms with E-state index >= 15 is 0 Å². The van der Waals surface area contributed by atoms with Crippen LogP contribution in [0.25, 0.3) is 43.8 Å². The van der Waals surface area contributed by atoms with Gasteiger partial charge < -0.3 is 25.8 Å². The minimum Gasteiger partial charge on any atom is -1.00 e. The van der Waals surface area contributed by atoms with E-state index in [2.05, 4.69) is 20.8 Å². The molecule has 0 unspecified atom stereocenters. The van der Waals surface area contributed by atoms with Gasteiger partial charge in [-0.3, -0.25) is 9.11 Å². The summed E-state index contributed by atoms with van der Waals surface area (Å²) >= 11 is 0. The summed E-state index contributed by atoms with van der Waals surface area (Å²) in [5.74, 6) is 0. The topological polar surface area (TPSA) is 271 Å². The van der Waals surface area contributed by atoms with Gasteiger partial charge in [0.2, 0.25) is 0 Å². The van der Waals surface area contributed by atoms with Gasteiger partial charge in [-0.05, 0) is 93.3 Å². The first kappa shape index (κ1) is 39.6. The van der Waals surface area contributed by atoms with E-state index in [0.29, 0.717) is 55.2 Å². The van der Waals surface area contributed by atoms with Crippen molar-refractivity contribution in [3.05, 3.63) is 97.1 Å². The molecule has 0 radical (unpaired) electrons. The second-order valence-corrected chi connectivity index (χ2v) is 13.6. The predicted molar refractivity (Wildman–Crippen MR) is 188 cm³/mol. The average Bonchev–Trinajstić information content (AvgIpc) is 3.04. The Morgan fingerprint density at radius 1 is 0.510 bits per heavy atom. The molecule has 6 aromatic carbocycles. The molecule has 15 nitrogen and oxygen atoms in total. The molecule has 0 spiro atoms. The minimum absolute atomic E-state index is 0. The van der Waals surface area contributed by atoms with Crippen LogP contribution in [0.4, 0.5) is 34.1 Å². The van der Waals surface area contributed by atoms with E-state index in [1.807, 2.05) is 0 Å². The molecule has 19 heteroatoms. The molecule has 0 saturated carbocycles. The van der Waals surface area contributed by atoms with Gasteiger partial charge in [0.1, 0.15) is 11.4 Å². The van der Waals surface area contributed by atoms with Crippen molar-refractivity contribution in [3.63, 3.8) is 0 Å². The Labute approximate surface area is 338 Å². The molecule has 0 aliphatic carbocycles. The quantitative estimate of drug-likeness (QED) is 0.0422. The van der Waals surface area contributed by atoms with Crippen molar-refractivity contribution in [2.75, 3.05) is 22.9 Å². The molecular weight excluding hydrogens is 719 g/mol. The van der Waals surface area contributed by atoms with Crippen molar-refractivity contribution >= 4 is 75.9 Å². The molecule has 252 valence electrons. The molecule has 0 saturated heterocycles. The van der Waals surface area contributed by atoms with Crippen LogP contribution in [0.5, 0.6) is 0 Å². The molecule has 0 bridgehead atoms. The van der Waals surface area contributed by atoms with Crippen LogP contribution < -0.4 is 82.0 Å². The Bertz CT molecular complexity index is 2440. The van der Waals surface area contributed by atoms with Crippen LogP contribution in [0.1, 0.15) is 2.85 Å². The fourth-order valence-electron chi connectivity index (χ4n) is 5.36. The van der Waals surface area contributed by atoms with Crippen LogP contribution in [0, 0.1) is 0 Å². The van der Waals surface area contributed by atoms with E-state index < -0.39 is 20.2 Å². The summed E-state index contributed by atoms with van der Waals surface area (Å²) < 4.78 is 65.1. The van der Waals surface area contributed by atoms with Crippen molar-refractivity contribution in [1.29, 1.82) is 0 Å². The van der Waals surface area contributed by atoms with Crippen molar-refractivity contribution in [2.45, 2.75) is 9.79 Å². The second-order valence-electron chi connectivity index (χ2n) is 10.8. The van der Waals surface area contributed by atoms with Gasteiger partial charge in [-0.15, -0.1) is 10.2 Å². The Balaban J connectivity index is 0.00000243. The zero-order chi connectivity index (χ0) is 35.1. The molecule has 51 heavy (non-hydrogen) atoms. The van der Waals surface area contributed by atoms with Crippen LogP contribution in [-0.4, -0.2) is 25.9 Å². The Morgan fingerprint density at radius 3 is 1.25 bits per heavy atom. The second kappa shape index (κ2) is 15.6. The summed E-state index contributed by atoms with van der Waals surface area (Å²) in [5.41, 5.74) is 29.2. The first-order chi connectivity index (χ1) is 23.2. The largest absolute Gasteiger partial charge is 1.00 e. The third-order valence-corrected chi connectivity index (χ3v) is 9.34. The van der Waals surface area contributed by atoms with Crippen molar-refractivity contribution in [2.24, 2.45) is 20.8 Å². The fourth-order valence-corrected chi connectivity index (χ4v) is 6.39. The van der Waals surface area contributed by atoms with E-state index in [1.165, 1.54) is 24.3 Å². The number of benzene rings is 6. The van der Waals surface area contributed by atoms with Crippen LogP contribution >= 0.6 is 0 Å². The van der Waals surface area contributed by atoms with Gasteiger partial charge >= 0.3 is 59.1 Å². The molecule has 0 fully saturated rings. The Morgan fingerprint density at radius 2 is 0.902 bits per heavy atom. The fraction of sp³-hybridized carbons (Fsp3) is 0. The van der Waals surface area contributed by atoms with Crippen molar-refractivity contribution in [1.82, 2.24) is 0 Å². The van der Waals surface area contributed by atoms with E-state index in [9.17, 15) is 25.9 Å². The summed E-state index contributed by atoms with van der Waals surface area (Å²) in [4.78, 5) is 4.36. The zero-order valence-electron chi connectivity index (χ0n) is 29.1. The van der Waals surface area contributed by atoms with E-state index in [4.69, 9.17) is 27.9 Å². The van der Waals surface area contributed by atoms with Crippen molar-refractivity contribution < 1.29 is 92.8 Å².